The molecule has 0 aromatic heterocycles. The smallest absolute Gasteiger partial charge is 0.338 e. The van der Waals surface area contributed by atoms with Crippen LogP contribution in [-0.4, -0.2) is 12.6 Å². The Balaban J connectivity index is 1.84. The fourth-order valence-corrected chi connectivity index (χ4v) is 1.47. The van der Waals surface area contributed by atoms with Crippen LogP contribution >= 0.6 is 0 Å². The van der Waals surface area contributed by atoms with Gasteiger partial charge in [-0.1, -0.05) is 25.1 Å². The van der Waals surface area contributed by atoms with Crippen LogP contribution in [0.4, 0.5) is 0 Å². The minimum Gasteiger partial charge on any atom is -0.462 e. The molecule has 1 aliphatic rings. The Morgan fingerprint density at radius 2 is 2.07 bits per heavy atom. The third-order valence-electron chi connectivity index (χ3n) is 2.71. The zero-order valence-electron chi connectivity index (χ0n) is 8.27. The molecule has 2 nitrogen and oxygen atoms in total. The van der Waals surface area contributed by atoms with E-state index in [0.29, 0.717) is 18.1 Å². The average molecular weight is 190 g/mol. The zero-order valence-corrected chi connectivity index (χ0v) is 8.27. The molecule has 1 unspecified atom stereocenters. The van der Waals surface area contributed by atoms with Crippen molar-refractivity contribution in [2.24, 2.45) is 11.8 Å². The second-order valence-electron chi connectivity index (χ2n) is 3.94. The molecule has 0 radical (unpaired) electrons. The van der Waals surface area contributed by atoms with Crippen LogP contribution < -0.4 is 0 Å². The Bertz CT molecular complexity index is 318. The Kier molecular flexibility index (Phi) is 2.53. The normalized spacial score (nSPS) is 24.4. The predicted octanol–water partition coefficient (Wildman–Crippen LogP) is 2.50. The highest BCUT2D eigenvalue weighted by atomic mass is 16.5. The van der Waals surface area contributed by atoms with E-state index in [-0.39, 0.29) is 5.97 Å². The van der Waals surface area contributed by atoms with E-state index in [0.717, 1.165) is 5.92 Å². The van der Waals surface area contributed by atoms with Crippen molar-refractivity contribution < 1.29 is 9.53 Å². The van der Waals surface area contributed by atoms with Gasteiger partial charge in [-0.25, -0.2) is 4.79 Å². The lowest BCUT2D eigenvalue weighted by molar-refractivity contribution is 0.0481. The summed E-state index contributed by atoms with van der Waals surface area (Å²) in [5.74, 6) is 1.13. The van der Waals surface area contributed by atoms with Crippen molar-refractivity contribution in [2.75, 3.05) is 6.61 Å². The highest BCUT2D eigenvalue weighted by molar-refractivity contribution is 5.89. The van der Waals surface area contributed by atoms with Crippen LogP contribution in [0.2, 0.25) is 0 Å². The van der Waals surface area contributed by atoms with Crippen LogP contribution in [0, 0.1) is 11.8 Å². The quantitative estimate of drug-likeness (QED) is 0.684. The van der Waals surface area contributed by atoms with Crippen LogP contribution in [0.25, 0.3) is 0 Å². The second kappa shape index (κ2) is 3.82. The SMILES string of the molecule is CC1C[C@@H]1COC(=O)c1ccccc1. The van der Waals surface area contributed by atoms with Crippen molar-refractivity contribution in [2.45, 2.75) is 13.3 Å². The van der Waals surface area contributed by atoms with Crippen LogP contribution in [0.1, 0.15) is 23.7 Å². The van der Waals surface area contributed by atoms with Gasteiger partial charge in [0.1, 0.15) is 0 Å². The molecule has 1 aliphatic carbocycles. The van der Waals surface area contributed by atoms with Gasteiger partial charge in [-0.05, 0) is 30.4 Å². The van der Waals surface area contributed by atoms with E-state index in [1.165, 1.54) is 6.42 Å². The van der Waals surface area contributed by atoms with Gasteiger partial charge in [-0.2, -0.15) is 0 Å². The van der Waals surface area contributed by atoms with E-state index in [1.807, 2.05) is 18.2 Å². The van der Waals surface area contributed by atoms with Gasteiger partial charge in [0.15, 0.2) is 0 Å². The Morgan fingerprint density at radius 3 is 2.64 bits per heavy atom. The first-order valence-electron chi connectivity index (χ1n) is 4.99. The van der Waals surface area contributed by atoms with Crippen LogP contribution in [0.5, 0.6) is 0 Å². The largest absolute Gasteiger partial charge is 0.462 e. The first kappa shape index (κ1) is 9.25. The lowest BCUT2D eigenvalue weighted by atomic mass is 10.2. The van der Waals surface area contributed by atoms with E-state index in [4.69, 9.17) is 4.74 Å². The summed E-state index contributed by atoms with van der Waals surface area (Å²) in [4.78, 5) is 11.5. The summed E-state index contributed by atoms with van der Waals surface area (Å²) >= 11 is 0. The highest BCUT2D eigenvalue weighted by Gasteiger charge is 2.33. The monoisotopic (exact) mass is 190 g/mol. The first-order valence-corrected chi connectivity index (χ1v) is 4.99. The lowest BCUT2D eigenvalue weighted by Crippen LogP contribution is -2.07. The number of benzene rings is 1. The summed E-state index contributed by atoms with van der Waals surface area (Å²) in [7, 11) is 0. The molecule has 0 aliphatic heterocycles. The molecule has 1 saturated carbocycles. The van der Waals surface area contributed by atoms with Gasteiger partial charge in [0.2, 0.25) is 0 Å². The van der Waals surface area contributed by atoms with Gasteiger partial charge < -0.3 is 4.74 Å². The van der Waals surface area contributed by atoms with Gasteiger partial charge in [0, 0.05) is 0 Å². The second-order valence-corrected chi connectivity index (χ2v) is 3.94. The summed E-state index contributed by atoms with van der Waals surface area (Å²) in [5, 5.41) is 0. The van der Waals surface area contributed by atoms with Gasteiger partial charge in [-0.15, -0.1) is 0 Å². The minimum atomic E-state index is -0.204. The van der Waals surface area contributed by atoms with Gasteiger partial charge in [0.05, 0.1) is 12.2 Å². The van der Waals surface area contributed by atoms with Gasteiger partial charge in [0.25, 0.3) is 0 Å². The Labute approximate surface area is 83.9 Å². The van der Waals surface area contributed by atoms with Gasteiger partial charge in [-0.3, -0.25) is 0 Å². The van der Waals surface area contributed by atoms with Crippen molar-refractivity contribution in [1.82, 2.24) is 0 Å². The van der Waals surface area contributed by atoms with Crippen molar-refractivity contribution in [1.29, 1.82) is 0 Å². The molecule has 74 valence electrons. The molecule has 1 fully saturated rings. The Morgan fingerprint density at radius 1 is 1.43 bits per heavy atom. The standard InChI is InChI=1S/C12H14O2/c1-9-7-11(9)8-14-12(13)10-5-3-2-4-6-10/h2-6,9,11H,7-8H2,1H3/t9?,11-/m1/s1. The van der Waals surface area contributed by atoms with Crippen molar-refractivity contribution in [3.05, 3.63) is 35.9 Å². The molecule has 0 saturated heterocycles. The number of hydrogen-bond acceptors (Lipinski definition) is 2. The van der Waals surface area contributed by atoms with E-state index in [9.17, 15) is 4.79 Å². The number of carbonyl (C=O) groups excluding carboxylic acids is 1. The average Bonchev–Trinajstić information content (AvgIpc) is 2.92. The van der Waals surface area contributed by atoms with Crippen molar-refractivity contribution in [3.63, 3.8) is 0 Å². The maximum atomic E-state index is 11.5. The van der Waals surface area contributed by atoms with Crippen LogP contribution in [0.3, 0.4) is 0 Å². The molecule has 14 heavy (non-hydrogen) atoms. The molecule has 2 heteroatoms. The molecular weight excluding hydrogens is 176 g/mol. The number of esters is 1. The fraction of sp³-hybridized carbons (Fsp3) is 0.417. The van der Waals surface area contributed by atoms with Crippen LogP contribution in [0.15, 0.2) is 30.3 Å². The maximum absolute atomic E-state index is 11.5. The predicted molar refractivity (Wildman–Crippen MR) is 54.0 cm³/mol. The number of carbonyl (C=O) groups is 1. The molecule has 2 atom stereocenters. The number of rotatable bonds is 3. The molecule has 0 heterocycles. The van der Waals surface area contributed by atoms with Crippen LogP contribution in [-0.2, 0) is 4.74 Å². The topological polar surface area (TPSA) is 26.3 Å². The summed E-state index contributed by atoms with van der Waals surface area (Å²) < 4.78 is 5.18. The number of hydrogen-bond donors (Lipinski definition) is 0. The first-order chi connectivity index (χ1) is 6.77. The fourth-order valence-electron chi connectivity index (χ4n) is 1.47. The van der Waals surface area contributed by atoms with Gasteiger partial charge >= 0.3 is 5.97 Å². The van der Waals surface area contributed by atoms with E-state index in [2.05, 4.69) is 6.92 Å². The molecule has 0 spiro atoms. The molecule has 0 amide bonds. The molecule has 1 aromatic rings. The van der Waals surface area contributed by atoms with E-state index < -0.39 is 0 Å². The molecule has 0 bridgehead atoms. The highest BCUT2D eigenvalue weighted by Crippen LogP contribution is 2.37. The summed E-state index contributed by atoms with van der Waals surface area (Å²) in [5.41, 5.74) is 0.640. The summed E-state index contributed by atoms with van der Waals surface area (Å²) in [6.45, 7) is 2.76. The Hall–Kier alpha value is -1.31. The molecular formula is C12H14O2. The molecule has 0 N–H and O–H groups in total. The molecule has 1 aromatic carbocycles. The third kappa shape index (κ3) is 2.13. The van der Waals surface area contributed by atoms with E-state index >= 15 is 0 Å². The third-order valence-corrected chi connectivity index (χ3v) is 2.71. The summed E-state index contributed by atoms with van der Waals surface area (Å²) in [6.07, 6.45) is 1.20. The van der Waals surface area contributed by atoms with Crippen molar-refractivity contribution in [3.8, 4) is 0 Å². The number of ether oxygens (including phenoxy) is 1. The minimum absolute atomic E-state index is 0.204. The van der Waals surface area contributed by atoms with E-state index in [1.54, 1.807) is 12.1 Å². The molecule has 2 rings (SSSR count). The maximum Gasteiger partial charge on any atom is 0.338 e. The lowest BCUT2D eigenvalue weighted by Gasteiger charge is -2.03. The zero-order chi connectivity index (χ0) is 9.97. The van der Waals surface area contributed by atoms with Crippen molar-refractivity contribution >= 4 is 5.97 Å². The summed E-state index contributed by atoms with van der Waals surface area (Å²) in [6, 6.07) is 9.13.